The van der Waals surface area contributed by atoms with Crippen molar-refractivity contribution in [1.82, 2.24) is 14.8 Å². The van der Waals surface area contributed by atoms with Crippen LogP contribution in [0.15, 0.2) is 48.8 Å². The van der Waals surface area contributed by atoms with Crippen molar-refractivity contribution in [3.05, 3.63) is 71.2 Å². The van der Waals surface area contributed by atoms with Gasteiger partial charge < -0.3 is 19.9 Å². The van der Waals surface area contributed by atoms with Crippen LogP contribution in [-0.4, -0.2) is 39.2 Å². The predicted octanol–water partition coefficient (Wildman–Crippen LogP) is 3.88. The summed E-state index contributed by atoms with van der Waals surface area (Å²) in [5, 5.41) is 17.2. The third kappa shape index (κ3) is 5.00. The number of hydrogen-bond donors (Lipinski definition) is 2. The second kappa shape index (κ2) is 9.36. The molecule has 170 valence electrons. The monoisotopic (exact) mass is 446 g/mol. The summed E-state index contributed by atoms with van der Waals surface area (Å²) in [5.41, 5.74) is 4.16. The molecule has 2 aliphatic heterocycles. The summed E-state index contributed by atoms with van der Waals surface area (Å²) in [7, 11) is 0. The van der Waals surface area contributed by atoms with Crippen LogP contribution in [0.5, 0.6) is 11.5 Å². The fraction of sp³-hybridized carbons (Fsp3) is 0.320. The van der Waals surface area contributed by atoms with E-state index in [1.165, 1.54) is 5.56 Å². The van der Waals surface area contributed by atoms with Gasteiger partial charge in [0.25, 0.3) is 0 Å². The standard InChI is InChI=1S/C25H26N4O4/c30-24(31)12-20(19-7-9-22-23(11-19)33-16-32-22)15-29-14-17(13-27-29)3-1-5-21-8-6-18-4-2-10-26-25(18)28-21/h1,3,6-9,11,13-14,20H,2,4-5,10,12,15-16H2,(H,26,28)(H,30,31). The highest BCUT2D eigenvalue weighted by atomic mass is 16.7. The van der Waals surface area contributed by atoms with Gasteiger partial charge in [0.1, 0.15) is 5.82 Å². The molecule has 0 spiro atoms. The van der Waals surface area contributed by atoms with Crippen LogP contribution in [0.4, 0.5) is 5.82 Å². The van der Waals surface area contributed by atoms with E-state index >= 15 is 0 Å². The van der Waals surface area contributed by atoms with E-state index in [4.69, 9.17) is 14.5 Å². The molecule has 0 saturated heterocycles. The van der Waals surface area contributed by atoms with Crippen molar-refractivity contribution < 1.29 is 19.4 Å². The molecule has 0 radical (unpaired) electrons. The molecular formula is C25H26N4O4. The van der Waals surface area contributed by atoms with E-state index in [-0.39, 0.29) is 19.1 Å². The summed E-state index contributed by atoms with van der Waals surface area (Å²) in [4.78, 5) is 16.2. The fourth-order valence-corrected chi connectivity index (χ4v) is 4.26. The molecule has 2 aliphatic rings. The minimum absolute atomic E-state index is 0.00269. The molecule has 3 aromatic rings. The summed E-state index contributed by atoms with van der Waals surface area (Å²) in [5.74, 6) is 1.26. The Kier molecular flexibility index (Phi) is 5.97. The van der Waals surface area contributed by atoms with E-state index in [1.54, 1.807) is 10.9 Å². The molecule has 8 nitrogen and oxygen atoms in total. The van der Waals surface area contributed by atoms with Crippen LogP contribution in [0.2, 0.25) is 0 Å². The van der Waals surface area contributed by atoms with Crippen LogP contribution in [0.1, 0.15) is 41.1 Å². The SMILES string of the molecule is O=C(O)CC(Cn1cc(C=CCc2ccc3c(n2)NCCC3)cn1)c1ccc2c(c1)OCO2. The number of rotatable bonds is 8. The van der Waals surface area contributed by atoms with E-state index in [2.05, 4.69) is 28.6 Å². The molecule has 0 saturated carbocycles. The lowest BCUT2D eigenvalue weighted by atomic mass is 9.95. The maximum atomic E-state index is 11.5. The van der Waals surface area contributed by atoms with Crippen molar-refractivity contribution >= 4 is 17.9 Å². The maximum absolute atomic E-state index is 11.5. The van der Waals surface area contributed by atoms with Crippen molar-refractivity contribution in [2.45, 2.75) is 38.1 Å². The number of nitrogens with one attached hydrogen (secondary N) is 1. The van der Waals surface area contributed by atoms with Gasteiger partial charge >= 0.3 is 5.97 Å². The molecule has 33 heavy (non-hydrogen) atoms. The van der Waals surface area contributed by atoms with Crippen LogP contribution >= 0.6 is 0 Å². The highest BCUT2D eigenvalue weighted by molar-refractivity contribution is 5.68. The largest absolute Gasteiger partial charge is 0.481 e. The van der Waals surface area contributed by atoms with E-state index in [0.29, 0.717) is 18.0 Å². The number of carbonyl (C=O) groups is 1. The Hall–Kier alpha value is -3.81. The number of fused-ring (bicyclic) bond motifs is 2. The fourth-order valence-electron chi connectivity index (χ4n) is 4.26. The number of anilines is 1. The minimum Gasteiger partial charge on any atom is -0.481 e. The van der Waals surface area contributed by atoms with Crippen molar-refractivity contribution in [2.24, 2.45) is 0 Å². The summed E-state index contributed by atoms with van der Waals surface area (Å²) in [6.45, 7) is 1.63. The number of aromatic nitrogens is 3. The zero-order valence-electron chi connectivity index (χ0n) is 18.2. The Labute approximate surface area is 191 Å². The van der Waals surface area contributed by atoms with Crippen molar-refractivity contribution in [3.63, 3.8) is 0 Å². The summed E-state index contributed by atoms with van der Waals surface area (Å²) in [6, 6.07) is 9.83. The lowest BCUT2D eigenvalue weighted by Crippen LogP contribution is -2.14. The van der Waals surface area contributed by atoms with E-state index in [1.807, 2.05) is 30.5 Å². The topological polar surface area (TPSA) is 98.5 Å². The van der Waals surface area contributed by atoms with Gasteiger partial charge in [0, 0.05) is 42.9 Å². The molecule has 1 aromatic carbocycles. The Bertz CT molecular complexity index is 1190. The summed E-state index contributed by atoms with van der Waals surface area (Å²) < 4.78 is 12.6. The molecule has 0 bridgehead atoms. The third-order valence-electron chi connectivity index (χ3n) is 5.94. The van der Waals surface area contributed by atoms with Gasteiger partial charge in [-0.25, -0.2) is 4.98 Å². The van der Waals surface area contributed by atoms with Crippen molar-refractivity contribution in [1.29, 1.82) is 0 Å². The van der Waals surface area contributed by atoms with Gasteiger partial charge in [-0.1, -0.05) is 24.3 Å². The Morgan fingerprint density at radius 2 is 2.15 bits per heavy atom. The lowest BCUT2D eigenvalue weighted by Gasteiger charge is -2.17. The molecule has 0 amide bonds. The quantitative estimate of drug-likeness (QED) is 0.542. The number of aliphatic carboxylic acids is 1. The van der Waals surface area contributed by atoms with Gasteiger partial charge in [-0.2, -0.15) is 5.10 Å². The highest BCUT2D eigenvalue weighted by Gasteiger charge is 2.21. The first-order valence-corrected chi connectivity index (χ1v) is 11.2. The first-order chi connectivity index (χ1) is 16.1. The van der Waals surface area contributed by atoms with E-state index < -0.39 is 5.97 Å². The zero-order chi connectivity index (χ0) is 22.6. The average molecular weight is 447 g/mol. The lowest BCUT2D eigenvalue weighted by molar-refractivity contribution is -0.137. The van der Waals surface area contributed by atoms with Crippen molar-refractivity contribution in [2.75, 3.05) is 18.7 Å². The number of nitrogens with zero attached hydrogens (tertiary/aromatic N) is 3. The number of hydrogen-bond acceptors (Lipinski definition) is 6. The van der Waals surface area contributed by atoms with Gasteiger partial charge in [0.15, 0.2) is 11.5 Å². The van der Waals surface area contributed by atoms with Gasteiger partial charge in [0.05, 0.1) is 12.6 Å². The molecule has 2 N–H and O–H groups in total. The average Bonchev–Trinajstić information content (AvgIpc) is 3.47. The molecule has 4 heterocycles. The number of carboxylic acids is 1. The van der Waals surface area contributed by atoms with Crippen LogP contribution in [-0.2, 0) is 24.2 Å². The maximum Gasteiger partial charge on any atom is 0.304 e. The molecule has 0 aliphatic carbocycles. The predicted molar refractivity (Wildman–Crippen MR) is 124 cm³/mol. The van der Waals surface area contributed by atoms with Gasteiger partial charge in [-0.3, -0.25) is 9.48 Å². The number of pyridine rings is 1. The molecule has 1 atom stereocenters. The number of ether oxygens (including phenoxy) is 2. The third-order valence-corrected chi connectivity index (χ3v) is 5.94. The van der Waals surface area contributed by atoms with Crippen LogP contribution in [0, 0.1) is 0 Å². The Morgan fingerprint density at radius 3 is 3.06 bits per heavy atom. The summed E-state index contributed by atoms with van der Waals surface area (Å²) in [6.07, 6.45) is 10.8. The molecule has 0 fully saturated rings. The molecular weight excluding hydrogens is 420 g/mol. The van der Waals surface area contributed by atoms with Gasteiger partial charge in [-0.15, -0.1) is 0 Å². The number of aryl methyl sites for hydroxylation is 1. The first kappa shape index (κ1) is 21.1. The van der Waals surface area contributed by atoms with Crippen LogP contribution in [0.25, 0.3) is 6.08 Å². The van der Waals surface area contributed by atoms with Crippen molar-refractivity contribution in [3.8, 4) is 11.5 Å². The smallest absolute Gasteiger partial charge is 0.304 e. The van der Waals surface area contributed by atoms with E-state index in [0.717, 1.165) is 48.4 Å². The first-order valence-electron chi connectivity index (χ1n) is 11.2. The Morgan fingerprint density at radius 1 is 1.24 bits per heavy atom. The molecule has 1 unspecified atom stereocenters. The molecule has 8 heteroatoms. The summed E-state index contributed by atoms with van der Waals surface area (Å²) >= 11 is 0. The second-order valence-corrected chi connectivity index (χ2v) is 8.35. The molecule has 5 rings (SSSR count). The van der Waals surface area contributed by atoms with Crippen LogP contribution < -0.4 is 14.8 Å². The number of allylic oxidation sites excluding steroid dienone is 1. The van der Waals surface area contributed by atoms with E-state index in [9.17, 15) is 9.90 Å². The molecule has 2 aromatic heterocycles. The van der Waals surface area contributed by atoms with Gasteiger partial charge in [0.2, 0.25) is 6.79 Å². The highest BCUT2D eigenvalue weighted by Crippen LogP contribution is 2.36. The Balaban J connectivity index is 1.24. The number of benzene rings is 1. The second-order valence-electron chi connectivity index (χ2n) is 8.35. The normalized spacial score (nSPS) is 15.3. The van der Waals surface area contributed by atoms with Gasteiger partial charge in [-0.05, 0) is 42.2 Å². The van der Waals surface area contributed by atoms with Crippen LogP contribution in [0.3, 0.4) is 0 Å². The number of carboxylic acid groups (broad SMARTS) is 1. The minimum atomic E-state index is -0.850. The zero-order valence-corrected chi connectivity index (χ0v) is 18.2.